The van der Waals surface area contributed by atoms with Crippen molar-refractivity contribution in [3.8, 4) is 0 Å². The van der Waals surface area contributed by atoms with Crippen LogP contribution in [-0.4, -0.2) is 41.9 Å². The second kappa shape index (κ2) is 6.17. The lowest BCUT2D eigenvalue weighted by Gasteiger charge is -2.34. The number of rotatable bonds is 3. The molecule has 1 aliphatic heterocycles. The van der Waals surface area contributed by atoms with E-state index in [0.29, 0.717) is 6.54 Å². The summed E-state index contributed by atoms with van der Waals surface area (Å²) < 4.78 is 0. The van der Waals surface area contributed by atoms with Crippen molar-refractivity contribution in [2.24, 2.45) is 5.73 Å². The zero-order valence-corrected chi connectivity index (χ0v) is 11.9. The van der Waals surface area contributed by atoms with Crippen molar-refractivity contribution < 1.29 is 4.79 Å². The number of carbonyl (C=O) groups is 1. The van der Waals surface area contributed by atoms with Crippen LogP contribution in [0.25, 0.3) is 0 Å². The molecule has 1 aliphatic rings. The maximum Gasteiger partial charge on any atom is 0.219 e. The van der Waals surface area contributed by atoms with Gasteiger partial charge in [-0.3, -0.25) is 9.69 Å². The van der Waals surface area contributed by atoms with Gasteiger partial charge in [0.25, 0.3) is 0 Å². The number of nitrogens with two attached hydrogens (primary N) is 1. The molecular weight excluding hydrogens is 238 g/mol. The van der Waals surface area contributed by atoms with Crippen LogP contribution in [-0.2, 0) is 17.9 Å². The van der Waals surface area contributed by atoms with E-state index in [2.05, 4.69) is 30.0 Å². The van der Waals surface area contributed by atoms with E-state index in [-0.39, 0.29) is 5.91 Å². The maximum absolute atomic E-state index is 11.3. The average Bonchev–Trinajstić information content (AvgIpc) is 2.41. The first-order chi connectivity index (χ1) is 9.10. The minimum Gasteiger partial charge on any atom is -0.340 e. The number of aryl methyl sites for hydroxylation is 1. The quantitative estimate of drug-likeness (QED) is 0.887. The molecule has 4 nitrogen and oxygen atoms in total. The highest BCUT2D eigenvalue weighted by atomic mass is 16.2. The van der Waals surface area contributed by atoms with E-state index >= 15 is 0 Å². The normalized spacial score (nSPS) is 16.7. The van der Waals surface area contributed by atoms with Crippen molar-refractivity contribution in [1.29, 1.82) is 0 Å². The molecule has 1 amide bonds. The van der Waals surface area contributed by atoms with Gasteiger partial charge in [0.15, 0.2) is 0 Å². The first kappa shape index (κ1) is 14.0. The SMILES string of the molecule is CC(=O)N1CCN(Cc2ccc(CN)cc2C)CC1. The molecule has 0 unspecified atom stereocenters. The van der Waals surface area contributed by atoms with Gasteiger partial charge in [0.1, 0.15) is 0 Å². The number of hydrogen-bond acceptors (Lipinski definition) is 3. The van der Waals surface area contributed by atoms with Gasteiger partial charge >= 0.3 is 0 Å². The van der Waals surface area contributed by atoms with E-state index in [0.717, 1.165) is 32.7 Å². The summed E-state index contributed by atoms with van der Waals surface area (Å²) in [7, 11) is 0. The fourth-order valence-electron chi connectivity index (χ4n) is 2.52. The Morgan fingerprint density at radius 2 is 1.95 bits per heavy atom. The highest BCUT2D eigenvalue weighted by molar-refractivity contribution is 5.73. The first-order valence-electron chi connectivity index (χ1n) is 6.86. The molecule has 19 heavy (non-hydrogen) atoms. The van der Waals surface area contributed by atoms with Gasteiger partial charge in [-0.1, -0.05) is 18.2 Å². The number of nitrogens with zero attached hydrogens (tertiary/aromatic N) is 2. The number of carbonyl (C=O) groups excluding carboxylic acids is 1. The van der Waals surface area contributed by atoms with Crippen molar-refractivity contribution in [3.05, 3.63) is 34.9 Å². The van der Waals surface area contributed by atoms with E-state index in [1.54, 1.807) is 6.92 Å². The highest BCUT2D eigenvalue weighted by Crippen LogP contribution is 2.14. The summed E-state index contributed by atoms with van der Waals surface area (Å²) in [4.78, 5) is 15.6. The Bertz CT molecular complexity index is 451. The van der Waals surface area contributed by atoms with Gasteiger partial charge in [0, 0.05) is 46.2 Å². The van der Waals surface area contributed by atoms with E-state index in [1.807, 2.05) is 4.90 Å². The zero-order chi connectivity index (χ0) is 13.8. The highest BCUT2D eigenvalue weighted by Gasteiger charge is 2.18. The topological polar surface area (TPSA) is 49.6 Å². The first-order valence-corrected chi connectivity index (χ1v) is 6.86. The summed E-state index contributed by atoms with van der Waals surface area (Å²) in [5.74, 6) is 0.183. The predicted molar refractivity (Wildman–Crippen MR) is 76.6 cm³/mol. The zero-order valence-electron chi connectivity index (χ0n) is 11.9. The van der Waals surface area contributed by atoms with Gasteiger partial charge in [-0.25, -0.2) is 0 Å². The molecule has 1 aromatic carbocycles. The molecule has 1 aromatic rings. The second-order valence-electron chi connectivity index (χ2n) is 5.25. The molecule has 0 radical (unpaired) electrons. The monoisotopic (exact) mass is 261 g/mol. The van der Waals surface area contributed by atoms with Gasteiger partial charge < -0.3 is 10.6 Å². The molecule has 4 heteroatoms. The van der Waals surface area contributed by atoms with Crippen LogP contribution in [0.4, 0.5) is 0 Å². The third kappa shape index (κ3) is 3.55. The molecule has 1 saturated heterocycles. The minimum atomic E-state index is 0.183. The Morgan fingerprint density at radius 3 is 2.47 bits per heavy atom. The Kier molecular flexibility index (Phi) is 4.56. The molecule has 2 N–H and O–H groups in total. The molecule has 0 saturated carbocycles. The molecule has 2 rings (SSSR count). The van der Waals surface area contributed by atoms with E-state index in [1.165, 1.54) is 16.7 Å². The van der Waals surface area contributed by atoms with Crippen molar-refractivity contribution in [1.82, 2.24) is 9.80 Å². The van der Waals surface area contributed by atoms with E-state index in [9.17, 15) is 4.79 Å². The molecule has 0 spiro atoms. The Labute approximate surface area is 115 Å². The van der Waals surface area contributed by atoms with Crippen LogP contribution in [0.2, 0.25) is 0 Å². The van der Waals surface area contributed by atoms with Crippen molar-refractivity contribution >= 4 is 5.91 Å². The number of hydrogen-bond donors (Lipinski definition) is 1. The standard InChI is InChI=1S/C15H23N3O/c1-12-9-14(10-16)3-4-15(12)11-17-5-7-18(8-6-17)13(2)19/h3-4,9H,5-8,10-11,16H2,1-2H3. The molecule has 0 aromatic heterocycles. The lowest BCUT2D eigenvalue weighted by molar-refractivity contribution is -0.130. The molecule has 0 bridgehead atoms. The Balaban J connectivity index is 1.94. The summed E-state index contributed by atoms with van der Waals surface area (Å²) in [5, 5.41) is 0. The molecule has 0 aliphatic carbocycles. The summed E-state index contributed by atoms with van der Waals surface area (Å²) in [6.07, 6.45) is 0. The third-order valence-corrected chi connectivity index (χ3v) is 3.85. The minimum absolute atomic E-state index is 0.183. The third-order valence-electron chi connectivity index (χ3n) is 3.85. The van der Waals surface area contributed by atoms with Crippen molar-refractivity contribution in [2.75, 3.05) is 26.2 Å². The lowest BCUT2D eigenvalue weighted by atomic mass is 10.0. The van der Waals surface area contributed by atoms with Crippen LogP contribution in [0.15, 0.2) is 18.2 Å². The van der Waals surface area contributed by atoms with Crippen LogP contribution in [0.1, 0.15) is 23.6 Å². The van der Waals surface area contributed by atoms with Crippen LogP contribution in [0.5, 0.6) is 0 Å². The Hall–Kier alpha value is -1.39. The molecule has 1 heterocycles. The van der Waals surface area contributed by atoms with Gasteiger partial charge in [0.2, 0.25) is 5.91 Å². The molecule has 1 fully saturated rings. The average molecular weight is 261 g/mol. The van der Waals surface area contributed by atoms with Crippen LogP contribution in [0, 0.1) is 6.92 Å². The summed E-state index contributed by atoms with van der Waals surface area (Å²) >= 11 is 0. The van der Waals surface area contributed by atoms with Gasteiger partial charge in [-0.15, -0.1) is 0 Å². The van der Waals surface area contributed by atoms with Crippen LogP contribution < -0.4 is 5.73 Å². The van der Waals surface area contributed by atoms with Crippen LogP contribution in [0.3, 0.4) is 0 Å². The van der Waals surface area contributed by atoms with Crippen molar-refractivity contribution in [2.45, 2.75) is 26.9 Å². The lowest BCUT2D eigenvalue weighted by Crippen LogP contribution is -2.47. The number of benzene rings is 1. The molecule has 104 valence electrons. The van der Waals surface area contributed by atoms with Crippen molar-refractivity contribution in [3.63, 3.8) is 0 Å². The fraction of sp³-hybridized carbons (Fsp3) is 0.533. The predicted octanol–water partition coefficient (Wildman–Crippen LogP) is 1.12. The Morgan fingerprint density at radius 1 is 1.26 bits per heavy atom. The fourth-order valence-corrected chi connectivity index (χ4v) is 2.52. The molecular formula is C15H23N3O. The van der Waals surface area contributed by atoms with E-state index < -0.39 is 0 Å². The van der Waals surface area contributed by atoms with Crippen LogP contribution >= 0.6 is 0 Å². The second-order valence-corrected chi connectivity index (χ2v) is 5.25. The van der Waals surface area contributed by atoms with Gasteiger partial charge in [0.05, 0.1) is 0 Å². The number of amides is 1. The maximum atomic E-state index is 11.3. The largest absolute Gasteiger partial charge is 0.340 e. The van der Waals surface area contributed by atoms with Gasteiger partial charge in [-0.05, 0) is 23.6 Å². The molecule has 0 atom stereocenters. The summed E-state index contributed by atoms with van der Waals surface area (Å²) in [6, 6.07) is 6.45. The number of piperazine rings is 1. The van der Waals surface area contributed by atoms with E-state index in [4.69, 9.17) is 5.73 Å². The van der Waals surface area contributed by atoms with Gasteiger partial charge in [-0.2, -0.15) is 0 Å². The smallest absolute Gasteiger partial charge is 0.219 e. The summed E-state index contributed by atoms with van der Waals surface area (Å²) in [6.45, 7) is 8.94. The summed E-state index contributed by atoms with van der Waals surface area (Å²) in [5.41, 5.74) is 9.49.